The lowest BCUT2D eigenvalue weighted by Gasteiger charge is -2.07. The van der Waals surface area contributed by atoms with Crippen LogP contribution >= 0.6 is 47.8 Å². The number of alkyl halides is 1. The minimum atomic E-state index is -0.00398. The van der Waals surface area contributed by atoms with E-state index < -0.39 is 0 Å². The van der Waals surface area contributed by atoms with E-state index in [1.807, 2.05) is 0 Å². The molecule has 0 aromatic carbocycles. The fraction of sp³-hybridized carbons (Fsp3) is 0.167. The number of ketones is 1. The fourth-order valence-electron chi connectivity index (χ4n) is 0.593. The Bertz CT molecular complexity index is 207. The quantitative estimate of drug-likeness (QED) is 0.624. The zero-order valence-electron chi connectivity index (χ0n) is 4.77. The Labute approximate surface area is 83.9 Å². The third-order valence-electron chi connectivity index (χ3n) is 1.04. The number of Topliss-reactive ketones (excluding diaryl/α,β-unsaturated/α-hetero) is 1. The van der Waals surface area contributed by atoms with Crippen molar-refractivity contribution in [2.75, 3.05) is 0 Å². The number of hydrogen-bond donors (Lipinski definition) is 0. The molecular weight excluding hydrogens is 328 g/mol. The first-order valence-electron chi connectivity index (χ1n) is 2.54. The van der Waals surface area contributed by atoms with E-state index in [9.17, 15) is 4.79 Å². The van der Waals surface area contributed by atoms with Crippen molar-refractivity contribution in [2.45, 2.75) is 4.83 Å². The molecule has 0 aliphatic heterocycles. The van der Waals surface area contributed by atoms with Gasteiger partial charge in [-0.1, -0.05) is 15.9 Å². The lowest BCUT2D eigenvalue weighted by Crippen LogP contribution is -2.06. The van der Waals surface area contributed by atoms with E-state index in [1.165, 1.54) is 0 Å². The Hall–Kier alpha value is 0.590. The zero-order chi connectivity index (χ0) is 7.72. The van der Waals surface area contributed by atoms with Gasteiger partial charge in [0.25, 0.3) is 0 Å². The summed E-state index contributed by atoms with van der Waals surface area (Å²) in [5.74, 6) is -0.00398. The van der Waals surface area contributed by atoms with Crippen molar-refractivity contribution in [1.82, 2.24) is 0 Å². The summed E-state index contributed by atoms with van der Waals surface area (Å²) in [6, 6.07) is 0. The van der Waals surface area contributed by atoms with Gasteiger partial charge in [-0.2, -0.15) is 0 Å². The number of carbonyl (C=O) groups is 1. The Kier molecular flexibility index (Phi) is 2.89. The van der Waals surface area contributed by atoms with E-state index in [-0.39, 0.29) is 10.6 Å². The topological polar surface area (TPSA) is 17.1 Å². The number of halogens is 3. The second-order valence-electron chi connectivity index (χ2n) is 1.80. The van der Waals surface area contributed by atoms with Crippen LogP contribution in [0.3, 0.4) is 0 Å². The molecule has 0 aromatic rings. The second kappa shape index (κ2) is 3.32. The normalized spacial score (nSPS) is 20.5. The maximum absolute atomic E-state index is 11.0. The van der Waals surface area contributed by atoms with E-state index >= 15 is 0 Å². The largest absolute Gasteiger partial charge is 0.287 e. The van der Waals surface area contributed by atoms with Crippen molar-refractivity contribution in [3.63, 3.8) is 0 Å². The molecule has 0 bridgehead atoms. The molecule has 10 heavy (non-hydrogen) atoms. The van der Waals surface area contributed by atoms with Gasteiger partial charge >= 0.3 is 0 Å². The van der Waals surface area contributed by atoms with Crippen LogP contribution in [-0.2, 0) is 4.79 Å². The van der Waals surface area contributed by atoms with Gasteiger partial charge in [0, 0.05) is 0 Å². The maximum atomic E-state index is 11.0. The highest BCUT2D eigenvalue weighted by Gasteiger charge is 2.16. The van der Waals surface area contributed by atoms with Crippen LogP contribution < -0.4 is 0 Å². The highest BCUT2D eigenvalue weighted by atomic mass is 79.9. The monoisotopic (exact) mass is 328 g/mol. The smallest absolute Gasteiger partial charge is 0.206 e. The Morgan fingerprint density at radius 1 is 1.20 bits per heavy atom. The van der Waals surface area contributed by atoms with E-state index in [0.717, 1.165) is 0 Å². The molecule has 1 aliphatic rings. The van der Waals surface area contributed by atoms with Crippen LogP contribution in [0.5, 0.6) is 0 Å². The van der Waals surface area contributed by atoms with Gasteiger partial charge in [-0.05, 0) is 44.0 Å². The summed E-state index contributed by atoms with van der Waals surface area (Å²) in [4.78, 5) is 11.2. The summed E-state index contributed by atoms with van der Waals surface area (Å²) < 4.78 is 1.20. The minimum Gasteiger partial charge on any atom is -0.287 e. The molecule has 0 atom stereocenters. The van der Waals surface area contributed by atoms with Crippen molar-refractivity contribution in [3.8, 4) is 0 Å². The van der Waals surface area contributed by atoms with Gasteiger partial charge in [0.15, 0.2) is 0 Å². The number of hydrogen-bond acceptors (Lipinski definition) is 1. The van der Waals surface area contributed by atoms with Gasteiger partial charge in [-0.25, -0.2) is 0 Å². The third kappa shape index (κ3) is 1.80. The van der Waals surface area contributed by atoms with Crippen molar-refractivity contribution in [2.24, 2.45) is 0 Å². The first-order valence-corrected chi connectivity index (χ1v) is 5.05. The maximum Gasteiger partial charge on any atom is 0.206 e. The Morgan fingerprint density at radius 2 is 1.60 bits per heavy atom. The van der Waals surface area contributed by atoms with E-state index in [0.29, 0.717) is 8.96 Å². The molecule has 0 saturated carbocycles. The van der Waals surface area contributed by atoms with Gasteiger partial charge in [-0.15, -0.1) is 0 Å². The molecule has 54 valence electrons. The third-order valence-corrected chi connectivity index (χ3v) is 2.82. The molecule has 0 saturated heterocycles. The van der Waals surface area contributed by atoms with Gasteiger partial charge in [0.05, 0.1) is 13.8 Å². The van der Waals surface area contributed by atoms with Crippen molar-refractivity contribution < 1.29 is 4.79 Å². The number of allylic oxidation sites excluding steroid dienone is 4. The van der Waals surface area contributed by atoms with Crippen LogP contribution in [0.25, 0.3) is 0 Å². The SMILES string of the molecule is O=C1C(Br)=CC(Br)C=C1Br. The molecule has 0 fully saturated rings. The van der Waals surface area contributed by atoms with Gasteiger partial charge in [0.1, 0.15) is 0 Å². The molecule has 1 aliphatic carbocycles. The van der Waals surface area contributed by atoms with Gasteiger partial charge in [0.2, 0.25) is 5.78 Å². The average molecular weight is 331 g/mol. The summed E-state index contributed by atoms with van der Waals surface area (Å²) in [5, 5.41) is 0. The molecule has 0 aromatic heterocycles. The van der Waals surface area contributed by atoms with Crippen LogP contribution in [0.4, 0.5) is 0 Å². The van der Waals surface area contributed by atoms with Crippen LogP contribution in [0.2, 0.25) is 0 Å². The average Bonchev–Trinajstić information content (AvgIpc) is 1.82. The molecule has 0 radical (unpaired) electrons. The highest BCUT2D eigenvalue weighted by Crippen LogP contribution is 2.26. The van der Waals surface area contributed by atoms with Crippen LogP contribution in [0, 0.1) is 0 Å². The molecular formula is C6H3Br3O. The summed E-state index contributed by atoms with van der Waals surface area (Å²) in [7, 11) is 0. The lowest BCUT2D eigenvalue weighted by molar-refractivity contribution is -0.111. The number of rotatable bonds is 0. The number of carbonyl (C=O) groups excluding carboxylic acids is 1. The van der Waals surface area contributed by atoms with Crippen molar-refractivity contribution >= 4 is 53.6 Å². The van der Waals surface area contributed by atoms with E-state index in [2.05, 4.69) is 47.8 Å². The van der Waals surface area contributed by atoms with Gasteiger partial charge in [-0.3, -0.25) is 4.79 Å². The molecule has 0 heterocycles. The van der Waals surface area contributed by atoms with Crippen LogP contribution in [-0.4, -0.2) is 10.6 Å². The summed E-state index contributed by atoms with van der Waals surface area (Å²) >= 11 is 9.62. The predicted octanol–water partition coefficient (Wildman–Crippen LogP) is 2.89. The highest BCUT2D eigenvalue weighted by molar-refractivity contribution is 9.13. The molecule has 0 amide bonds. The molecule has 1 rings (SSSR count). The molecule has 1 nitrogen and oxygen atoms in total. The van der Waals surface area contributed by atoms with Crippen LogP contribution in [0.1, 0.15) is 0 Å². The van der Waals surface area contributed by atoms with Crippen molar-refractivity contribution in [3.05, 3.63) is 21.1 Å². The Morgan fingerprint density at radius 3 is 2.00 bits per heavy atom. The van der Waals surface area contributed by atoms with E-state index in [4.69, 9.17) is 0 Å². The van der Waals surface area contributed by atoms with Crippen molar-refractivity contribution in [1.29, 1.82) is 0 Å². The molecule has 4 heteroatoms. The summed E-state index contributed by atoms with van der Waals surface area (Å²) in [5.41, 5.74) is 0. The minimum absolute atomic E-state index is 0.00398. The van der Waals surface area contributed by atoms with E-state index in [1.54, 1.807) is 12.2 Å². The van der Waals surface area contributed by atoms with Gasteiger partial charge < -0.3 is 0 Å². The predicted molar refractivity (Wildman–Crippen MR) is 51.7 cm³/mol. The second-order valence-corrected chi connectivity index (χ2v) is 4.57. The zero-order valence-corrected chi connectivity index (χ0v) is 9.53. The first-order chi connectivity index (χ1) is 4.61. The summed E-state index contributed by atoms with van der Waals surface area (Å²) in [6.45, 7) is 0. The fourth-order valence-corrected chi connectivity index (χ4v) is 3.09. The first kappa shape index (κ1) is 8.68. The lowest BCUT2D eigenvalue weighted by atomic mass is 10.2. The Balaban J connectivity index is 2.94. The molecule has 0 unspecified atom stereocenters. The molecule has 0 N–H and O–H groups in total. The standard InChI is InChI=1S/C6H3Br3O/c7-3-1-4(8)6(10)5(9)2-3/h1-3H. The summed E-state index contributed by atoms with van der Waals surface area (Å²) in [6.07, 6.45) is 3.60. The van der Waals surface area contributed by atoms with Crippen LogP contribution in [0.15, 0.2) is 21.1 Å². The molecule has 0 spiro atoms.